The summed E-state index contributed by atoms with van der Waals surface area (Å²) < 4.78 is 6.84. The van der Waals surface area contributed by atoms with Gasteiger partial charge in [-0.15, -0.1) is 0 Å². The molecule has 0 bridgehead atoms. The van der Waals surface area contributed by atoms with E-state index >= 15 is 0 Å². The van der Waals surface area contributed by atoms with Crippen LogP contribution in [0, 0.1) is 0 Å². The van der Waals surface area contributed by atoms with Crippen molar-refractivity contribution < 1.29 is 9.32 Å². The molecule has 1 aliphatic carbocycles. The van der Waals surface area contributed by atoms with Crippen LogP contribution in [0.2, 0.25) is 10.0 Å². The van der Waals surface area contributed by atoms with Crippen molar-refractivity contribution in [2.24, 2.45) is 0 Å². The fourth-order valence-electron chi connectivity index (χ4n) is 2.60. The van der Waals surface area contributed by atoms with Crippen molar-refractivity contribution in [3.63, 3.8) is 0 Å². The van der Waals surface area contributed by atoms with Crippen LogP contribution in [-0.4, -0.2) is 25.7 Å². The van der Waals surface area contributed by atoms with Crippen molar-refractivity contribution in [3.05, 3.63) is 63.5 Å². The van der Waals surface area contributed by atoms with E-state index in [2.05, 4.69) is 15.2 Å². The summed E-state index contributed by atoms with van der Waals surface area (Å²) in [7, 11) is 0. The summed E-state index contributed by atoms with van der Waals surface area (Å²) in [6.45, 7) is 0.331. The molecule has 2 aromatic heterocycles. The molecule has 2 heterocycles. The van der Waals surface area contributed by atoms with Crippen LogP contribution in [-0.2, 0) is 6.54 Å². The first-order chi connectivity index (χ1) is 11.6. The molecule has 0 amide bonds. The minimum absolute atomic E-state index is 0.209. The number of halogens is 2. The number of hydrogen-bond donors (Lipinski definition) is 0. The highest BCUT2D eigenvalue weighted by molar-refractivity contribution is 6.38. The maximum Gasteiger partial charge on any atom is 0.199 e. The lowest BCUT2D eigenvalue weighted by atomic mass is 10.0. The number of carbonyl (C=O) groups excluding carboxylic acids is 1. The molecule has 8 heteroatoms. The summed E-state index contributed by atoms with van der Waals surface area (Å²) in [6, 6.07) is 3.29. The van der Waals surface area contributed by atoms with E-state index < -0.39 is 0 Å². The molecule has 6 nitrogen and oxygen atoms in total. The molecular weight excluding hydrogens is 351 g/mol. The topological polar surface area (TPSA) is 73.8 Å². The van der Waals surface area contributed by atoms with Gasteiger partial charge in [0.25, 0.3) is 0 Å². The van der Waals surface area contributed by atoms with Gasteiger partial charge in [-0.1, -0.05) is 28.4 Å². The van der Waals surface area contributed by atoms with Gasteiger partial charge in [-0.05, 0) is 25.0 Å². The van der Waals surface area contributed by atoms with Gasteiger partial charge < -0.3 is 4.52 Å². The zero-order valence-corrected chi connectivity index (χ0v) is 14.0. The standard InChI is InChI=1S/C16H12Cl2N4O2/c17-13-4-3-10(14(18)12(13)6-22-8-19-7-20-22)15(23)11-5-21-24-16(11)9-1-2-9/h3-5,7-9H,1-2,6H2. The van der Waals surface area contributed by atoms with Crippen LogP contribution in [0.3, 0.4) is 0 Å². The van der Waals surface area contributed by atoms with Gasteiger partial charge in [-0.3, -0.25) is 4.79 Å². The largest absolute Gasteiger partial charge is 0.360 e. The molecule has 1 aliphatic rings. The molecule has 0 radical (unpaired) electrons. The van der Waals surface area contributed by atoms with E-state index in [4.69, 9.17) is 27.7 Å². The van der Waals surface area contributed by atoms with Gasteiger partial charge in [-0.2, -0.15) is 5.10 Å². The van der Waals surface area contributed by atoms with Crippen LogP contribution in [0.5, 0.6) is 0 Å². The summed E-state index contributed by atoms with van der Waals surface area (Å²) in [5, 5.41) is 8.60. The molecule has 0 N–H and O–H groups in total. The monoisotopic (exact) mass is 362 g/mol. The minimum Gasteiger partial charge on any atom is -0.360 e. The maximum absolute atomic E-state index is 12.9. The van der Waals surface area contributed by atoms with E-state index in [1.807, 2.05) is 0 Å². The smallest absolute Gasteiger partial charge is 0.199 e. The second kappa shape index (κ2) is 6.03. The number of hydrogen-bond acceptors (Lipinski definition) is 5. The molecule has 24 heavy (non-hydrogen) atoms. The van der Waals surface area contributed by atoms with Crippen LogP contribution in [0.25, 0.3) is 0 Å². The lowest BCUT2D eigenvalue weighted by Gasteiger charge is -2.11. The van der Waals surface area contributed by atoms with Crippen molar-refractivity contribution in [2.45, 2.75) is 25.3 Å². The Balaban J connectivity index is 1.72. The SMILES string of the molecule is O=C(c1cnoc1C1CC1)c1ccc(Cl)c(Cn2cncn2)c1Cl. The highest BCUT2D eigenvalue weighted by Crippen LogP contribution is 2.42. The highest BCUT2D eigenvalue weighted by Gasteiger charge is 2.33. The molecule has 0 spiro atoms. The van der Waals surface area contributed by atoms with Crippen LogP contribution in [0.15, 0.2) is 35.5 Å². The maximum atomic E-state index is 12.9. The predicted molar refractivity (Wildman–Crippen MR) is 87.5 cm³/mol. The van der Waals surface area contributed by atoms with Crippen LogP contribution < -0.4 is 0 Å². The van der Waals surface area contributed by atoms with Crippen molar-refractivity contribution in [1.29, 1.82) is 0 Å². The molecule has 4 rings (SSSR count). The number of carbonyl (C=O) groups is 1. The molecule has 0 saturated heterocycles. The second-order valence-corrected chi connectivity index (χ2v) is 6.47. The number of nitrogens with zero attached hydrogens (tertiary/aromatic N) is 4. The number of ketones is 1. The van der Waals surface area contributed by atoms with E-state index in [1.165, 1.54) is 12.5 Å². The van der Waals surface area contributed by atoms with Gasteiger partial charge in [0.05, 0.1) is 23.3 Å². The molecular formula is C16H12Cl2N4O2. The summed E-state index contributed by atoms with van der Waals surface area (Å²) in [6.07, 6.45) is 6.48. The third-order valence-electron chi connectivity index (χ3n) is 4.01. The fourth-order valence-corrected chi connectivity index (χ4v) is 3.17. The van der Waals surface area contributed by atoms with E-state index in [0.717, 1.165) is 12.8 Å². The van der Waals surface area contributed by atoms with Gasteiger partial charge in [0.2, 0.25) is 0 Å². The zero-order valence-electron chi connectivity index (χ0n) is 12.4. The number of aromatic nitrogens is 4. The molecule has 1 saturated carbocycles. The Morgan fingerprint density at radius 2 is 2.12 bits per heavy atom. The first kappa shape index (κ1) is 15.4. The summed E-state index contributed by atoms with van der Waals surface area (Å²) in [5.74, 6) is 0.718. The molecule has 1 aromatic carbocycles. The second-order valence-electron chi connectivity index (χ2n) is 5.69. The van der Waals surface area contributed by atoms with Crippen molar-refractivity contribution in [3.8, 4) is 0 Å². The van der Waals surface area contributed by atoms with Gasteiger partial charge in [0.15, 0.2) is 11.5 Å². The lowest BCUT2D eigenvalue weighted by molar-refractivity contribution is 0.103. The predicted octanol–water partition coefficient (Wildman–Crippen LogP) is 3.73. The van der Waals surface area contributed by atoms with E-state index in [9.17, 15) is 4.79 Å². The van der Waals surface area contributed by atoms with Crippen LogP contribution >= 0.6 is 23.2 Å². The highest BCUT2D eigenvalue weighted by atomic mass is 35.5. The third kappa shape index (κ3) is 2.72. The number of benzene rings is 1. The zero-order chi connectivity index (χ0) is 16.7. The fraction of sp³-hybridized carbons (Fsp3) is 0.250. The molecule has 0 aliphatic heterocycles. The first-order valence-electron chi connectivity index (χ1n) is 7.43. The van der Waals surface area contributed by atoms with Crippen LogP contribution in [0.4, 0.5) is 0 Å². The Hall–Kier alpha value is -2.18. The number of rotatable bonds is 5. The average molecular weight is 363 g/mol. The summed E-state index contributed by atoms with van der Waals surface area (Å²) in [5.41, 5.74) is 1.47. The quantitative estimate of drug-likeness (QED) is 0.646. The van der Waals surface area contributed by atoms with Crippen molar-refractivity contribution in [1.82, 2.24) is 19.9 Å². The van der Waals surface area contributed by atoms with Gasteiger partial charge >= 0.3 is 0 Å². The summed E-state index contributed by atoms with van der Waals surface area (Å²) >= 11 is 12.7. The molecule has 1 fully saturated rings. The van der Waals surface area contributed by atoms with Gasteiger partial charge in [-0.25, -0.2) is 9.67 Å². The van der Waals surface area contributed by atoms with Crippen molar-refractivity contribution >= 4 is 29.0 Å². The third-order valence-corrected chi connectivity index (χ3v) is 4.79. The molecule has 0 atom stereocenters. The Kier molecular flexibility index (Phi) is 3.86. The van der Waals surface area contributed by atoms with E-state index in [0.29, 0.717) is 39.0 Å². The lowest BCUT2D eigenvalue weighted by Crippen LogP contribution is -2.08. The normalized spacial score (nSPS) is 14.1. The van der Waals surface area contributed by atoms with Crippen LogP contribution in [0.1, 0.15) is 46.0 Å². The van der Waals surface area contributed by atoms with Crippen molar-refractivity contribution in [2.75, 3.05) is 0 Å². The first-order valence-corrected chi connectivity index (χ1v) is 8.19. The molecule has 3 aromatic rings. The minimum atomic E-state index is -0.209. The Labute approximate surface area is 147 Å². The van der Waals surface area contributed by atoms with E-state index in [1.54, 1.807) is 23.1 Å². The van der Waals surface area contributed by atoms with E-state index in [-0.39, 0.29) is 11.7 Å². The molecule has 122 valence electrons. The molecule has 0 unspecified atom stereocenters. The van der Waals surface area contributed by atoms with Gasteiger partial charge in [0, 0.05) is 22.1 Å². The van der Waals surface area contributed by atoms with Gasteiger partial charge in [0.1, 0.15) is 12.7 Å². The Morgan fingerprint density at radius 3 is 2.83 bits per heavy atom. The summed E-state index contributed by atoms with van der Waals surface area (Å²) in [4.78, 5) is 16.8. The average Bonchev–Trinajstić information content (AvgIpc) is 3.09. The Morgan fingerprint density at radius 1 is 1.29 bits per heavy atom. The Bertz CT molecular complexity index is 901.